The van der Waals surface area contributed by atoms with Crippen LogP contribution in [-0.2, 0) is 0 Å². The summed E-state index contributed by atoms with van der Waals surface area (Å²) in [6, 6.07) is 8.41. The van der Waals surface area contributed by atoms with Crippen molar-refractivity contribution in [3.8, 4) is 11.5 Å². The Hall–Kier alpha value is -2.00. The molecule has 0 aromatic heterocycles. The van der Waals surface area contributed by atoms with Crippen molar-refractivity contribution in [2.75, 3.05) is 13.6 Å². The second-order valence-corrected chi connectivity index (χ2v) is 7.02. The lowest BCUT2D eigenvalue weighted by molar-refractivity contribution is 0.442. The van der Waals surface area contributed by atoms with Crippen molar-refractivity contribution < 1.29 is 10.2 Å². The van der Waals surface area contributed by atoms with Crippen LogP contribution in [-0.4, -0.2) is 34.7 Å². The summed E-state index contributed by atoms with van der Waals surface area (Å²) in [6.45, 7) is 8.93. The SMILES string of the molecule is Cc1cc(C)c(O)c(C(c2cc(C)cc(C)c2O)C2CN2C)c1. The van der Waals surface area contributed by atoms with Crippen LogP contribution in [0.3, 0.4) is 0 Å². The van der Waals surface area contributed by atoms with Crippen LogP contribution in [0.15, 0.2) is 24.3 Å². The number of likely N-dealkylation sites (N-methyl/N-ethyl adjacent to an activating group) is 1. The molecule has 1 aliphatic heterocycles. The molecule has 2 aromatic carbocycles. The minimum Gasteiger partial charge on any atom is -0.507 e. The van der Waals surface area contributed by atoms with E-state index in [0.717, 1.165) is 39.9 Å². The third-order valence-electron chi connectivity index (χ3n) is 4.91. The van der Waals surface area contributed by atoms with E-state index in [2.05, 4.69) is 24.1 Å². The summed E-state index contributed by atoms with van der Waals surface area (Å²) in [7, 11) is 2.08. The van der Waals surface area contributed by atoms with E-state index in [1.807, 2.05) is 39.8 Å². The smallest absolute Gasteiger partial charge is 0.122 e. The lowest BCUT2D eigenvalue weighted by Crippen LogP contribution is -2.13. The molecule has 0 amide bonds. The normalized spacial score (nSPS) is 20.1. The Morgan fingerprint density at radius 2 is 1.26 bits per heavy atom. The first-order chi connectivity index (χ1) is 10.8. The number of hydrogen-bond acceptors (Lipinski definition) is 3. The molecule has 0 radical (unpaired) electrons. The number of phenols is 2. The van der Waals surface area contributed by atoms with Crippen LogP contribution in [0.5, 0.6) is 11.5 Å². The molecule has 2 aromatic rings. The second-order valence-electron chi connectivity index (χ2n) is 7.02. The molecule has 3 heteroatoms. The highest BCUT2D eigenvalue weighted by atomic mass is 16.3. The van der Waals surface area contributed by atoms with Gasteiger partial charge in [-0.05, 0) is 45.9 Å². The van der Waals surface area contributed by atoms with Crippen molar-refractivity contribution in [1.29, 1.82) is 0 Å². The summed E-state index contributed by atoms with van der Waals surface area (Å²) >= 11 is 0. The van der Waals surface area contributed by atoms with E-state index in [1.165, 1.54) is 0 Å². The fraction of sp³-hybridized carbons (Fsp3) is 0.400. The quantitative estimate of drug-likeness (QED) is 0.848. The number of aryl methyl sites for hydroxylation is 4. The van der Waals surface area contributed by atoms with Crippen molar-refractivity contribution in [3.63, 3.8) is 0 Å². The molecular formula is C20H25NO2. The van der Waals surface area contributed by atoms with Crippen molar-refractivity contribution in [1.82, 2.24) is 4.90 Å². The molecule has 0 saturated carbocycles. The average Bonchev–Trinajstić information content (AvgIpc) is 3.17. The monoisotopic (exact) mass is 311 g/mol. The molecule has 1 saturated heterocycles. The molecule has 0 aliphatic carbocycles. The maximum absolute atomic E-state index is 10.6. The maximum atomic E-state index is 10.6. The van der Waals surface area contributed by atoms with Crippen LogP contribution >= 0.6 is 0 Å². The number of rotatable bonds is 3. The minimum atomic E-state index is -0.0165. The molecule has 3 rings (SSSR count). The third kappa shape index (κ3) is 2.81. The maximum Gasteiger partial charge on any atom is 0.122 e. The molecule has 1 aliphatic rings. The molecule has 2 atom stereocenters. The predicted octanol–water partition coefficient (Wildman–Crippen LogP) is 3.78. The standard InChI is InChI=1S/C20H25NO2/c1-11-6-13(3)19(22)15(8-11)18(17-10-21(17)5)16-9-12(2)7-14(4)20(16)23/h6-9,17-18,22-23H,10H2,1-5H3. The summed E-state index contributed by atoms with van der Waals surface area (Å²) in [5, 5.41) is 21.3. The molecule has 2 unspecified atom stereocenters. The van der Waals surface area contributed by atoms with E-state index >= 15 is 0 Å². The first-order valence-electron chi connectivity index (χ1n) is 8.10. The van der Waals surface area contributed by atoms with Gasteiger partial charge in [0, 0.05) is 29.6 Å². The van der Waals surface area contributed by atoms with E-state index in [-0.39, 0.29) is 5.92 Å². The number of nitrogens with zero attached hydrogens (tertiary/aromatic N) is 1. The van der Waals surface area contributed by atoms with Gasteiger partial charge in [0.2, 0.25) is 0 Å². The fourth-order valence-corrected chi connectivity index (χ4v) is 3.65. The van der Waals surface area contributed by atoms with E-state index in [4.69, 9.17) is 0 Å². The van der Waals surface area contributed by atoms with Gasteiger partial charge in [0.15, 0.2) is 0 Å². The van der Waals surface area contributed by atoms with E-state index in [0.29, 0.717) is 17.5 Å². The topological polar surface area (TPSA) is 43.5 Å². The van der Waals surface area contributed by atoms with Gasteiger partial charge < -0.3 is 10.2 Å². The van der Waals surface area contributed by atoms with Gasteiger partial charge in [-0.25, -0.2) is 0 Å². The van der Waals surface area contributed by atoms with Gasteiger partial charge in [-0.1, -0.05) is 35.4 Å². The number of benzene rings is 2. The molecule has 1 fully saturated rings. The van der Waals surface area contributed by atoms with Gasteiger partial charge in [-0.2, -0.15) is 0 Å². The van der Waals surface area contributed by atoms with Crippen LogP contribution in [0.25, 0.3) is 0 Å². The Labute approximate surface area is 138 Å². The van der Waals surface area contributed by atoms with Crippen LogP contribution in [0.2, 0.25) is 0 Å². The molecule has 1 heterocycles. The molecule has 23 heavy (non-hydrogen) atoms. The van der Waals surface area contributed by atoms with Gasteiger partial charge in [0.1, 0.15) is 11.5 Å². The zero-order chi connectivity index (χ0) is 16.9. The average molecular weight is 311 g/mol. The van der Waals surface area contributed by atoms with Crippen LogP contribution in [0.4, 0.5) is 0 Å². The minimum absolute atomic E-state index is 0.0165. The highest BCUT2D eigenvalue weighted by Crippen LogP contribution is 2.45. The zero-order valence-electron chi connectivity index (χ0n) is 14.5. The summed E-state index contributed by atoms with van der Waals surface area (Å²) in [4.78, 5) is 2.25. The molecule has 122 valence electrons. The molecule has 0 spiro atoms. The Balaban J connectivity index is 2.22. The lowest BCUT2D eigenvalue weighted by atomic mass is 9.84. The third-order valence-corrected chi connectivity index (χ3v) is 4.91. The van der Waals surface area contributed by atoms with E-state index in [9.17, 15) is 10.2 Å². The largest absolute Gasteiger partial charge is 0.507 e. The van der Waals surface area contributed by atoms with E-state index in [1.54, 1.807) is 0 Å². The first kappa shape index (κ1) is 15.9. The number of aromatic hydroxyl groups is 2. The number of hydrogen-bond donors (Lipinski definition) is 2. The summed E-state index contributed by atoms with van der Waals surface area (Å²) in [6.07, 6.45) is 0. The van der Waals surface area contributed by atoms with Crippen LogP contribution < -0.4 is 0 Å². The highest BCUT2D eigenvalue weighted by Gasteiger charge is 2.41. The molecule has 3 nitrogen and oxygen atoms in total. The molecule has 2 N–H and O–H groups in total. The van der Waals surface area contributed by atoms with Gasteiger partial charge in [-0.3, -0.25) is 4.90 Å². The van der Waals surface area contributed by atoms with Gasteiger partial charge in [0.05, 0.1) is 0 Å². The Kier molecular flexibility index (Phi) is 3.85. The van der Waals surface area contributed by atoms with Crippen molar-refractivity contribution >= 4 is 0 Å². The Morgan fingerprint density at radius 1 is 0.870 bits per heavy atom. The summed E-state index contributed by atoms with van der Waals surface area (Å²) in [5.41, 5.74) is 5.86. The Bertz CT molecular complexity index is 709. The molecular weight excluding hydrogens is 286 g/mol. The lowest BCUT2D eigenvalue weighted by Gasteiger charge is -2.23. The van der Waals surface area contributed by atoms with E-state index < -0.39 is 0 Å². The van der Waals surface area contributed by atoms with Crippen molar-refractivity contribution in [3.05, 3.63) is 57.6 Å². The van der Waals surface area contributed by atoms with Gasteiger partial charge in [-0.15, -0.1) is 0 Å². The van der Waals surface area contributed by atoms with Crippen molar-refractivity contribution in [2.24, 2.45) is 0 Å². The van der Waals surface area contributed by atoms with Gasteiger partial charge >= 0.3 is 0 Å². The first-order valence-corrected chi connectivity index (χ1v) is 8.10. The summed E-state index contributed by atoms with van der Waals surface area (Å²) < 4.78 is 0. The Morgan fingerprint density at radius 3 is 1.61 bits per heavy atom. The van der Waals surface area contributed by atoms with Gasteiger partial charge in [0.25, 0.3) is 0 Å². The summed E-state index contributed by atoms with van der Waals surface area (Å²) in [5.74, 6) is 0.677. The fourth-order valence-electron chi connectivity index (χ4n) is 3.65. The van der Waals surface area contributed by atoms with Crippen molar-refractivity contribution in [2.45, 2.75) is 39.7 Å². The molecule has 0 bridgehead atoms. The second kappa shape index (κ2) is 5.57. The predicted molar refractivity (Wildman–Crippen MR) is 93.4 cm³/mol. The van der Waals surface area contributed by atoms with Crippen LogP contribution in [0.1, 0.15) is 39.3 Å². The number of phenolic OH excluding ortho intramolecular Hbond substituents is 2. The zero-order valence-corrected chi connectivity index (χ0v) is 14.5. The van der Waals surface area contributed by atoms with Crippen LogP contribution in [0, 0.1) is 27.7 Å². The highest BCUT2D eigenvalue weighted by molar-refractivity contribution is 5.55.